The standard InChI is InChI=1S/C23H23BrClN3O4S/c1-13(2)26-23-27(14(3)4)22(29)20(33-23)11-16-9-18(24)21(19(25)10-16)32-12-15-5-7-17(8-6-15)28(30)31/h5-11,13-14H,12H2,1-4H3/b20-11+,26-23?. The van der Waals surface area contributed by atoms with Gasteiger partial charge in [0.15, 0.2) is 10.9 Å². The van der Waals surface area contributed by atoms with Crippen molar-refractivity contribution in [3.05, 3.63) is 72.0 Å². The van der Waals surface area contributed by atoms with Gasteiger partial charge in [0.1, 0.15) is 6.61 Å². The van der Waals surface area contributed by atoms with Crippen molar-refractivity contribution < 1.29 is 14.5 Å². The number of rotatable bonds is 7. The highest BCUT2D eigenvalue weighted by atomic mass is 79.9. The van der Waals surface area contributed by atoms with Crippen LogP contribution in [-0.4, -0.2) is 33.0 Å². The zero-order valence-corrected chi connectivity index (χ0v) is 21.7. The summed E-state index contributed by atoms with van der Waals surface area (Å²) in [6.45, 7) is 8.07. The molecular weight excluding hydrogens is 530 g/mol. The fraction of sp³-hybridized carbons (Fsp3) is 0.304. The maximum Gasteiger partial charge on any atom is 0.269 e. The summed E-state index contributed by atoms with van der Waals surface area (Å²) in [7, 11) is 0. The highest BCUT2D eigenvalue weighted by Gasteiger charge is 2.35. The molecule has 3 rings (SSSR count). The molecule has 0 unspecified atom stereocenters. The van der Waals surface area contributed by atoms with Gasteiger partial charge >= 0.3 is 0 Å². The number of thioether (sulfide) groups is 1. The summed E-state index contributed by atoms with van der Waals surface area (Å²) in [5.41, 5.74) is 1.54. The second-order valence-electron chi connectivity index (χ2n) is 7.91. The normalized spacial score (nSPS) is 16.5. The molecule has 33 heavy (non-hydrogen) atoms. The minimum Gasteiger partial charge on any atom is -0.486 e. The molecule has 0 atom stereocenters. The Labute approximate surface area is 210 Å². The molecule has 2 aromatic carbocycles. The van der Waals surface area contributed by atoms with E-state index in [0.717, 1.165) is 11.1 Å². The monoisotopic (exact) mass is 551 g/mol. The summed E-state index contributed by atoms with van der Waals surface area (Å²) in [6, 6.07) is 9.77. The Morgan fingerprint density at radius 3 is 2.45 bits per heavy atom. The van der Waals surface area contributed by atoms with Crippen molar-refractivity contribution in [3.8, 4) is 5.75 Å². The molecule has 0 radical (unpaired) electrons. The fourth-order valence-corrected chi connectivity index (χ4v) is 5.30. The summed E-state index contributed by atoms with van der Waals surface area (Å²) in [6.07, 6.45) is 1.79. The lowest BCUT2D eigenvalue weighted by Gasteiger charge is -2.20. The number of nitro groups is 1. The fourth-order valence-electron chi connectivity index (χ4n) is 3.07. The third kappa shape index (κ3) is 6.16. The van der Waals surface area contributed by atoms with Crippen LogP contribution in [0.15, 0.2) is 50.8 Å². The second-order valence-corrected chi connectivity index (χ2v) is 10.2. The van der Waals surface area contributed by atoms with Gasteiger partial charge in [-0.1, -0.05) is 11.6 Å². The maximum atomic E-state index is 12.9. The van der Waals surface area contributed by atoms with Crippen LogP contribution in [-0.2, 0) is 11.4 Å². The Hall–Kier alpha value is -2.36. The van der Waals surface area contributed by atoms with Gasteiger partial charge in [-0.15, -0.1) is 0 Å². The van der Waals surface area contributed by atoms with Crippen molar-refractivity contribution in [2.75, 3.05) is 0 Å². The SMILES string of the molecule is CC(C)N=C1S/C(=C/c2cc(Cl)c(OCc3ccc([N+](=O)[O-])cc3)c(Br)c2)C(=O)N1C(C)C. The van der Waals surface area contributed by atoms with Crippen LogP contribution in [0.25, 0.3) is 6.08 Å². The van der Waals surface area contributed by atoms with Crippen LogP contribution in [0.5, 0.6) is 5.75 Å². The largest absolute Gasteiger partial charge is 0.486 e. The molecule has 1 saturated heterocycles. The summed E-state index contributed by atoms with van der Waals surface area (Å²) in [5, 5.41) is 11.9. The van der Waals surface area contributed by atoms with E-state index in [1.165, 1.54) is 23.9 Å². The van der Waals surface area contributed by atoms with Crippen molar-refractivity contribution in [1.82, 2.24) is 4.90 Å². The van der Waals surface area contributed by atoms with E-state index in [1.54, 1.807) is 29.2 Å². The number of amides is 1. The number of amidine groups is 1. The van der Waals surface area contributed by atoms with Crippen molar-refractivity contribution in [1.29, 1.82) is 0 Å². The number of hydrogen-bond donors (Lipinski definition) is 0. The molecule has 1 aliphatic heterocycles. The molecule has 0 saturated carbocycles. The van der Waals surface area contributed by atoms with Gasteiger partial charge < -0.3 is 4.74 Å². The molecule has 7 nitrogen and oxygen atoms in total. The van der Waals surface area contributed by atoms with Crippen molar-refractivity contribution in [2.24, 2.45) is 4.99 Å². The molecule has 0 spiro atoms. The minimum absolute atomic E-state index is 0.000999. The van der Waals surface area contributed by atoms with Crippen LogP contribution in [0.2, 0.25) is 5.02 Å². The Morgan fingerprint density at radius 2 is 1.91 bits per heavy atom. The molecule has 1 aliphatic rings. The Bertz CT molecular complexity index is 1110. The minimum atomic E-state index is -0.448. The van der Waals surface area contributed by atoms with Gasteiger partial charge in [-0.25, -0.2) is 0 Å². The Balaban J connectivity index is 1.80. The number of ether oxygens (including phenoxy) is 1. The molecule has 2 aromatic rings. The average Bonchev–Trinajstić information content (AvgIpc) is 3.01. The average molecular weight is 553 g/mol. The first-order valence-electron chi connectivity index (χ1n) is 10.2. The Morgan fingerprint density at radius 1 is 1.24 bits per heavy atom. The molecule has 1 heterocycles. The third-order valence-corrected chi connectivity index (χ3v) is 6.44. The predicted molar refractivity (Wildman–Crippen MR) is 137 cm³/mol. The number of aliphatic imine (C=N–C) groups is 1. The van der Waals surface area contributed by atoms with Gasteiger partial charge in [-0.3, -0.25) is 24.8 Å². The van der Waals surface area contributed by atoms with Gasteiger partial charge in [-0.05, 0) is 96.9 Å². The van der Waals surface area contributed by atoms with Crippen molar-refractivity contribution in [2.45, 2.75) is 46.4 Å². The molecule has 0 bridgehead atoms. The summed E-state index contributed by atoms with van der Waals surface area (Å²) in [5.74, 6) is 0.369. The van der Waals surface area contributed by atoms with E-state index in [0.29, 0.717) is 25.3 Å². The maximum absolute atomic E-state index is 12.9. The zero-order chi connectivity index (χ0) is 24.3. The van der Waals surface area contributed by atoms with Gasteiger partial charge in [0.2, 0.25) is 0 Å². The highest BCUT2D eigenvalue weighted by Crippen LogP contribution is 2.38. The van der Waals surface area contributed by atoms with Crippen LogP contribution < -0.4 is 4.74 Å². The number of carbonyl (C=O) groups excluding carboxylic acids is 1. The van der Waals surface area contributed by atoms with Crippen LogP contribution in [0.4, 0.5) is 5.69 Å². The van der Waals surface area contributed by atoms with Gasteiger partial charge in [-0.2, -0.15) is 0 Å². The van der Waals surface area contributed by atoms with Gasteiger partial charge in [0, 0.05) is 24.2 Å². The first kappa shape index (κ1) is 25.3. The third-order valence-electron chi connectivity index (χ3n) is 4.57. The quantitative estimate of drug-likeness (QED) is 0.217. The van der Waals surface area contributed by atoms with Gasteiger partial charge in [0.05, 0.1) is 19.3 Å². The highest BCUT2D eigenvalue weighted by molar-refractivity contribution is 9.10. The molecular formula is C23H23BrClN3O4S. The molecule has 0 aliphatic carbocycles. The van der Waals surface area contributed by atoms with Crippen LogP contribution in [0.3, 0.4) is 0 Å². The number of hydrogen-bond acceptors (Lipinski definition) is 6. The smallest absolute Gasteiger partial charge is 0.269 e. The second kappa shape index (κ2) is 10.7. The molecule has 174 valence electrons. The molecule has 0 aromatic heterocycles. The Kier molecular flexibility index (Phi) is 8.20. The van der Waals surface area contributed by atoms with Crippen LogP contribution >= 0.6 is 39.3 Å². The van der Waals surface area contributed by atoms with Crippen molar-refractivity contribution in [3.63, 3.8) is 0 Å². The van der Waals surface area contributed by atoms with E-state index in [4.69, 9.17) is 16.3 Å². The van der Waals surface area contributed by atoms with E-state index in [2.05, 4.69) is 20.9 Å². The first-order valence-corrected chi connectivity index (χ1v) is 12.2. The van der Waals surface area contributed by atoms with E-state index < -0.39 is 4.92 Å². The number of nitro benzene ring substituents is 1. The number of halogens is 2. The summed E-state index contributed by atoms with van der Waals surface area (Å²) < 4.78 is 6.48. The van der Waals surface area contributed by atoms with Crippen molar-refractivity contribution >= 4 is 62.1 Å². The van der Waals surface area contributed by atoms with E-state index in [1.807, 2.05) is 33.8 Å². The van der Waals surface area contributed by atoms with Gasteiger partial charge in [0.25, 0.3) is 11.6 Å². The first-order chi connectivity index (χ1) is 15.6. The molecule has 0 N–H and O–H groups in total. The molecule has 1 amide bonds. The zero-order valence-electron chi connectivity index (χ0n) is 18.5. The topological polar surface area (TPSA) is 85.0 Å². The van der Waals surface area contributed by atoms with E-state index >= 15 is 0 Å². The molecule has 1 fully saturated rings. The number of carbonyl (C=O) groups is 1. The number of benzene rings is 2. The van der Waals surface area contributed by atoms with Crippen LogP contribution in [0.1, 0.15) is 38.8 Å². The lowest BCUT2D eigenvalue weighted by atomic mass is 10.2. The van der Waals surface area contributed by atoms with E-state index in [9.17, 15) is 14.9 Å². The molecule has 10 heteroatoms. The summed E-state index contributed by atoms with van der Waals surface area (Å²) in [4.78, 5) is 30.2. The number of non-ortho nitro benzene ring substituents is 1. The van der Waals surface area contributed by atoms with E-state index in [-0.39, 0.29) is 30.3 Å². The summed E-state index contributed by atoms with van der Waals surface area (Å²) >= 11 is 11.3. The predicted octanol–water partition coefficient (Wildman–Crippen LogP) is 6.68. The van der Waals surface area contributed by atoms with Crippen LogP contribution in [0, 0.1) is 10.1 Å². The lowest BCUT2D eigenvalue weighted by molar-refractivity contribution is -0.384. The number of nitrogens with zero attached hydrogens (tertiary/aromatic N) is 3. The lowest BCUT2D eigenvalue weighted by Crippen LogP contribution is -2.35.